The second-order valence-electron chi connectivity index (χ2n) is 4.00. The Bertz CT molecular complexity index is 114. The van der Waals surface area contributed by atoms with Gasteiger partial charge in [0.05, 0.1) is 0 Å². The first kappa shape index (κ1) is 7.84. The summed E-state index contributed by atoms with van der Waals surface area (Å²) in [6.07, 6.45) is 5.45. The molecule has 0 heterocycles. The maximum absolute atomic E-state index is 3.94. The third kappa shape index (κ3) is 2.17. The predicted molar refractivity (Wildman–Crippen MR) is 45.9 cm³/mol. The van der Waals surface area contributed by atoms with E-state index >= 15 is 0 Å². The monoisotopic (exact) mass is 138 g/mol. The summed E-state index contributed by atoms with van der Waals surface area (Å²) in [5.74, 6) is 1.88. The Morgan fingerprint density at radius 2 is 2.10 bits per heavy atom. The van der Waals surface area contributed by atoms with Crippen molar-refractivity contribution in [2.24, 2.45) is 11.8 Å². The topological polar surface area (TPSA) is 0 Å². The number of hydrogen-bond acceptors (Lipinski definition) is 0. The van der Waals surface area contributed by atoms with Gasteiger partial charge in [-0.05, 0) is 31.1 Å². The zero-order chi connectivity index (χ0) is 7.56. The lowest BCUT2D eigenvalue weighted by molar-refractivity contribution is 0.355. The average Bonchev–Trinajstić information content (AvgIpc) is 1.77. The molecule has 0 aromatic heterocycles. The molecule has 0 N–H and O–H groups in total. The van der Waals surface area contributed by atoms with Gasteiger partial charge in [-0.25, -0.2) is 0 Å². The van der Waals surface area contributed by atoms with Crippen LogP contribution in [-0.4, -0.2) is 0 Å². The fourth-order valence-corrected chi connectivity index (χ4v) is 1.53. The van der Waals surface area contributed by atoms with E-state index in [1.54, 1.807) is 0 Å². The van der Waals surface area contributed by atoms with E-state index in [1.807, 2.05) is 0 Å². The molecule has 0 radical (unpaired) electrons. The lowest BCUT2D eigenvalue weighted by Crippen LogP contribution is -2.14. The van der Waals surface area contributed by atoms with Crippen LogP contribution in [0.25, 0.3) is 0 Å². The minimum atomic E-state index is 0.883. The zero-order valence-corrected chi connectivity index (χ0v) is 7.19. The average molecular weight is 138 g/mol. The van der Waals surface area contributed by atoms with Crippen molar-refractivity contribution in [1.29, 1.82) is 0 Å². The highest BCUT2D eigenvalue weighted by Gasteiger charge is 2.20. The van der Waals surface area contributed by atoms with Crippen LogP contribution in [0.15, 0.2) is 12.2 Å². The maximum atomic E-state index is 3.94. The van der Waals surface area contributed by atoms with Crippen LogP contribution >= 0.6 is 0 Å². The lowest BCUT2D eigenvalue weighted by atomic mass is 9.77. The molecule has 1 aliphatic carbocycles. The van der Waals surface area contributed by atoms with E-state index in [0.29, 0.717) is 0 Å². The molecule has 0 aliphatic heterocycles. The van der Waals surface area contributed by atoms with Gasteiger partial charge in [0, 0.05) is 0 Å². The van der Waals surface area contributed by atoms with Crippen LogP contribution in [0.1, 0.15) is 39.5 Å². The van der Waals surface area contributed by atoms with Crippen LogP contribution in [0.2, 0.25) is 0 Å². The molecule has 0 saturated heterocycles. The van der Waals surface area contributed by atoms with Crippen molar-refractivity contribution in [2.75, 3.05) is 0 Å². The number of hydrogen-bond donors (Lipinski definition) is 0. The first-order valence-corrected chi connectivity index (χ1v) is 4.35. The van der Waals surface area contributed by atoms with Crippen LogP contribution < -0.4 is 0 Å². The van der Waals surface area contributed by atoms with Gasteiger partial charge in [-0.2, -0.15) is 0 Å². The van der Waals surface area contributed by atoms with Gasteiger partial charge in [-0.15, -0.1) is 0 Å². The first-order valence-electron chi connectivity index (χ1n) is 4.35. The molecular weight excluding hydrogens is 120 g/mol. The van der Waals surface area contributed by atoms with E-state index in [4.69, 9.17) is 0 Å². The van der Waals surface area contributed by atoms with Gasteiger partial charge in [0.25, 0.3) is 0 Å². The Morgan fingerprint density at radius 1 is 1.50 bits per heavy atom. The summed E-state index contributed by atoms with van der Waals surface area (Å²) in [4.78, 5) is 0. The summed E-state index contributed by atoms with van der Waals surface area (Å²) in [5.41, 5.74) is 1.47. The van der Waals surface area contributed by atoms with E-state index in [2.05, 4.69) is 20.4 Å². The molecule has 1 fully saturated rings. The predicted octanol–water partition coefficient (Wildman–Crippen LogP) is 3.39. The molecular formula is C10H18. The Kier molecular flexibility index (Phi) is 2.53. The molecule has 58 valence electrons. The summed E-state index contributed by atoms with van der Waals surface area (Å²) in [7, 11) is 0. The van der Waals surface area contributed by atoms with Crippen molar-refractivity contribution < 1.29 is 0 Å². The molecule has 0 heteroatoms. The molecule has 0 spiro atoms. The third-order valence-corrected chi connectivity index (χ3v) is 2.31. The van der Waals surface area contributed by atoms with Gasteiger partial charge < -0.3 is 0 Å². The zero-order valence-electron chi connectivity index (χ0n) is 7.19. The summed E-state index contributed by atoms with van der Waals surface area (Å²) in [5, 5.41) is 0. The van der Waals surface area contributed by atoms with Crippen LogP contribution in [0.5, 0.6) is 0 Å². The molecule has 0 aromatic rings. The maximum Gasteiger partial charge on any atom is -0.0291 e. The van der Waals surface area contributed by atoms with Crippen LogP contribution in [0.4, 0.5) is 0 Å². The summed E-state index contributed by atoms with van der Waals surface area (Å²) < 4.78 is 0. The largest absolute Gasteiger partial charge is 0.0998 e. The van der Waals surface area contributed by atoms with Gasteiger partial charge in [-0.1, -0.05) is 32.4 Å². The second kappa shape index (κ2) is 3.23. The fraction of sp³-hybridized carbons (Fsp3) is 0.800. The van der Waals surface area contributed by atoms with Gasteiger partial charge in [0.1, 0.15) is 0 Å². The molecule has 0 atom stereocenters. The standard InChI is InChI=1S/C10H18/c1-8(2)4-5-10-6-9(3)7-10/h8,10H,3-7H2,1-2H3. The number of allylic oxidation sites excluding steroid dienone is 1. The van der Waals surface area contributed by atoms with Gasteiger partial charge >= 0.3 is 0 Å². The molecule has 10 heavy (non-hydrogen) atoms. The number of rotatable bonds is 3. The van der Waals surface area contributed by atoms with Gasteiger partial charge in [0.2, 0.25) is 0 Å². The summed E-state index contributed by atoms with van der Waals surface area (Å²) in [6, 6.07) is 0. The van der Waals surface area contributed by atoms with Crippen LogP contribution in [-0.2, 0) is 0 Å². The van der Waals surface area contributed by atoms with E-state index in [-0.39, 0.29) is 0 Å². The Labute approximate surface area is 64.3 Å². The summed E-state index contributed by atoms with van der Waals surface area (Å²) in [6.45, 7) is 8.54. The van der Waals surface area contributed by atoms with E-state index in [0.717, 1.165) is 11.8 Å². The Balaban J connectivity index is 2.00. The Morgan fingerprint density at radius 3 is 2.50 bits per heavy atom. The van der Waals surface area contributed by atoms with Crippen molar-refractivity contribution in [3.63, 3.8) is 0 Å². The van der Waals surface area contributed by atoms with Gasteiger partial charge in [-0.3, -0.25) is 0 Å². The molecule has 1 rings (SSSR count). The molecule has 0 nitrogen and oxygen atoms in total. The molecule has 1 saturated carbocycles. The quantitative estimate of drug-likeness (QED) is 0.524. The third-order valence-electron chi connectivity index (χ3n) is 2.31. The normalized spacial score (nSPS) is 19.7. The highest BCUT2D eigenvalue weighted by molar-refractivity contribution is 5.07. The first-order chi connectivity index (χ1) is 4.68. The van der Waals surface area contributed by atoms with Crippen LogP contribution in [0, 0.1) is 11.8 Å². The summed E-state index contributed by atoms with van der Waals surface area (Å²) >= 11 is 0. The minimum absolute atomic E-state index is 0.883. The van der Waals surface area contributed by atoms with E-state index < -0.39 is 0 Å². The highest BCUT2D eigenvalue weighted by Crippen LogP contribution is 2.35. The van der Waals surface area contributed by atoms with E-state index in [1.165, 1.54) is 31.3 Å². The molecule has 0 unspecified atom stereocenters. The minimum Gasteiger partial charge on any atom is -0.0998 e. The SMILES string of the molecule is C=C1CC(CCC(C)C)C1. The van der Waals surface area contributed by atoms with Crippen molar-refractivity contribution in [2.45, 2.75) is 39.5 Å². The van der Waals surface area contributed by atoms with Gasteiger partial charge in [0.15, 0.2) is 0 Å². The van der Waals surface area contributed by atoms with Crippen molar-refractivity contribution >= 4 is 0 Å². The van der Waals surface area contributed by atoms with E-state index in [9.17, 15) is 0 Å². The Hall–Kier alpha value is -0.260. The molecule has 0 aromatic carbocycles. The molecule has 0 amide bonds. The van der Waals surface area contributed by atoms with Crippen molar-refractivity contribution in [3.05, 3.63) is 12.2 Å². The molecule has 0 bridgehead atoms. The molecule has 1 aliphatic rings. The van der Waals surface area contributed by atoms with Crippen molar-refractivity contribution in [3.8, 4) is 0 Å². The lowest BCUT2D eigenvalue weighted by Gasteiger charge is -2.28. The highest BCUT2D eigenvalue weighted by atomic mass is 14.3. The smallest absolute Gasteiger partial charge is 0.0291 e. The van der Waals surface area contributed by atoms with Crippen molar-refractivity contribution in [1.82, 2.24) is 0 Å². The fourth-order valence-electron chi connectivity index (χ4n) is 1.53. The second-order valence-corrected chi connectivity index (χ2v) is 4.00. The van der Waals surface area contributed by atoms with Crippen LogP contribution in [0.3, 0.4) is 0 Å².